The summed E-state index contributed by atoms with van der Waals surface area (Å²) in [6.45, 7) is 1.74. The highest BCUT2D eigenvalue weighted by Gasteiger charge is 2.09. The number of ether oxygens (including phenoxy) is 1. The van der Waals surface area contributed by atoms with Crippen molar-refractivity contribution < 1.29 is 13.5 Å². The summed E-state index contributed by atoms with van der Waals surface area (Å²) in [5.41, 5.74) is 1.43. The highest BCUT2D eigenvalue weighted by atomic mass is 32.2. The van der Waals surface area contributed by atoms with Gasteiger partial charge in [0.15, 0.2) is 0 Å². The van der Waals surface area contributed by atoms with Crippen LogP contribution >= 0.6 is 0 Å². The highest BCUT2D eigenvalue weighted by Crippen LogP contribution is 2.25. The molecule has 0 aliphatic rings. The number of benzene rings is 2. The first-order chi connectivity index (χ1) is 11.5. The first-order valence-corrected chi connectivity index (χ1v) is 9.17. The van der Waals surface area contributed by atoms with E-state index >= 15 is 0 Å². The van der Waals surface area contributed by atoms with Gasteiger partial charge in [0.1, 0.15) is 5.75 Å². The fourth-order valence-corrected chi connectivity index (χ4v) is 3.47. The molecular weight excluding hydrogens is 326 g/mol. The maximum Gasteiger partial charge on any atom is 0.223 e. The second-order valence-electron chi connectivity index (χ2n) is 5.26. The van der Waals surface area contributed by atoms with Gasteiger partial charge in [-0.15, -0.1) is 0 Å². The summed E-state index contributed by atoms with van der Waals surface area (Å²) >= 11 is 0. The lowest BCUT2D eigenvalue weighted by Gasteiger charge is -2.07. The van der Waals surface area contributed by atoms with Gasteiger partial charge in [-0.25, -0.2) is 4.21 Å². The van der Waals surface area contributed by atoms with E-state index in [0.29, 0.717) is 28.0 Å². The normalized spacial score (nSPS) is 13.3. The molecule has 0 aliphatic carbocycles. The summed E-state index contributed by atoms with van der Waals surface area (Å²) in [6, 6.07) is 14.3. The molecule has 0 amide bonds. The predicted molar refractivity (Wildman–Crippen MR) is 91.9 cm³/mol. The van der Waals surface area contributed by atoms with E-state index in [0.717, 1.165) is 5.56 Å². The highest BCUT2D eigenvalue weighted by molar-refractivity contribution is 7.93. The quantitative estimate of drug-likeness (QED) is 0.719. The number of nitrogens with zero attached hydrogens (tertiary/aromatic N) is 3. The SMILES string of the molecule is COc1cccc(S(C)(=O)=Nc2ccc(-c3noc(C)n3)cc2)c1. The van der Waals surface area contributed by atoms with Crippen LogP contribution in [0.4, 0.5) is 5.69 Å². The summed E-state index contributed by atoms with van der Waals surface area (Å²) in [7, 11) is -0.999. The van der Waals surface area contributed by atoms with E-state index < -0.39 is 9.73 Å². The first kappa shape index (κ1) is 16.2. The molecule has 7 heteroatoms. The Morgan fingerprint density at radius 1 is 1.17 bits per heavy atom. The fraction of sp³-hybridized carbons (Fsp3) is 0.176. The van der Waals surface area contributed by atoms with E-state index in [4.69, 9.17) is 9.26 Å². The molecule has 0 N–H and O–H groups in total. The monoisotopic (exact) mass is 343 g/mol. The van der Waals surface area contributed by atoms with Gasteiger partial charge in [0, 0.05) is 18.7 Å². The summed E-state index contributed by atoms with van der Waals surface area (Å²) < 4.78 is 27.5. The minimum Gasteiger partial charge on any atom is -0.497 e. The molecule has 0 aliphatic heterocycles. The second kappa shape index (κ2) is 6.45. The number of methoxy groups -OCH3 is 1. The molecule has 1 heterocycles. The summed E-state index contributed by atoms with van der Waals surface area (Å²) in [4.78, 5) is 4.80. The third-order valence-corrected chi connectivity index (χ3v) is 5.10. The first-order valence-electron chi connectivity index (χ1n) is 7.25. The summed E-state index contributed by atoms with van der Waals surface area (Å²) in [6.07, 6.45) is 1.61. The molecule has 124 valence electrons. The van der Waals surface area contributed by atoms with Gasteiger partial charge in [0.25, 0.3) is 0 Å². The van der Waals surface area contributed by atoms with Gasteiger partial charge < -0.3 is 9.26 Å². The molecule has 0 saturated carbocycles. The van der Waals surface area contributed by atoms with E-state index in [9.17, 15) is 4.21 Å². The summed E-state index contributed by atoms with van der Waals surface area (Å²) in [5.74, 6) is 1.68. The van der Waals surface area contributed by atoms with Crippen molar-refractivity contribution in [3.63, 3.8) is 0 Å². The number of hydrogen-bond acceptors (Lipinski definition) is 6. The van der Waals surface area contributed by atoms with Gasteiger partial charge in [0.2, 0.25) is 11.7 Å². The van der Waals surface area contributed by atoms with Crippen LogP contribution in [0, 0.1) is 6.92 Å². The molecule has 3 rings (SSSR count). The van der Waals surface area contributed by atoms with Gasteiger partial charge in [-0.2, -0.15) is 9.35 Å². The molecule has 1 unspecified atom stereocenters. The summed E-state index contributed by atoms with van der Waals surface area (Å²) in [5, 5.41) is 3.87. The number of hydrogen-bond donors (Lipinski definition) is 0. The Hall–Kier alpha value is -2.67. The molecule has 0 radical (unpaired) electrons. The Bertz CT molecular complexity index is 971. The topological polar surface area (TPSA) is 77.6 Å². The van der Waals surface area contributed by atoms with Crippen LogP contribution in [0.5, 0.6) is 5.75 Å². The predicted octanol–water partition coefficient (Wildman–Crippen LogP) is 3.84. The fourth-order valence-electron chi connectivity index (χ4n) is 2.18. The molecule has 1 atom stereocenters. The molecule has 2 aromatic carbocycles. The average molecular weight is 343 g/mol. The van der Waals surface area contributed by atoms with E-state index in [-0.39, 0.29) is 0 Å². The maximum atomic E-state index is 12.9. The van der Waals surface area contributed by atoms with Crippen molar-refractivity contribution >= 4 is 15.4 Å². The smallest absolute Gasteiger partial charge is 0.223 e. The number of aromatic nitrogens is 2. The van der Waals surface area contributed by atoms with Crippen molar-refractivity contribution in [2.45, 2.75) is 11.8 Å². The van der Waals surface area contributed by atoms with Crippen molar-refractivity contribution in [1.29, 1.82) is 0 Å². The second-order valence-corrected chi connectivity index (χ2v) is 7.52. The molecular formula is C17H17N3O3S. The van der Waals surface area contributed by atoms with Crippen molar-refractivity contribution in [2.24, 2.45) is 4.36 Å². The van der Waals surface area contributed by atoms with Crippen LogP contribution in [0.1, 0.15) is 5.89 Å². The van der Waals surface area contributed by atoms with Crippen molar-refractivity contribution in [3.05, 3.63) is 54.4 Å². The lowest BCUT2D eigenvalue weighted by Crippen LogP contribution is -1.97. The number of aryl methyl sites for hydroxylation is 1. The van der Waals surface area contributed by atoms with Crippen LogP contribution in [0.2, 0.25) is 0 Å². The zero-order valence-electron chi connectivity index (χ0n) is 13.6. The zero-order valence-corrected chi connectivity index (χ0v) is 14.4. The molecule has 1 aromatic heterocycles. The van der Waals surface area contributed by atoms with Crippen LogP contribution in [-0.2, 0) is 9.73 Å². The van der Waals surface area contributed by atoms with Crippen LogP contribution in [-0.4, -0.2) is 27.7 Å². The van der Waals surface area contributed by atoms with Gasteiger partial charge in [-0.1, -0.05) is 11.2 Å². The molecule has 6 nitrogen and oxygen atoms in total. The zero-order chi connectivity index (χ0) is 17.2. The van der Waals surface area contributed by atoms with Crippen LogP contribution in [0.25, 0.3) is 11.4 Å². The lowest BCUT2D eigenvalue weighted by molar-refractivity contribution is 0.394. The largest absolute Gasteiger partial charge is 0.497 e. The Kier molecular flexibility index (Phi) is 4.35. The Balaban J connectivity index is 1.93. The molecule has 0 fully saturated rings. The molecule has 0 saturated heterocycles. The van der Waals surface area contributed by atoms with E-state index in [1.165, 1.54) is 0 Å². The minimum atomic E-state index is -2.57. The third-order valence-electron chi connectivity index (χ3n) is 3.41. The average Bonchev–Trinajstić information content (AvgIpc) is 3.02. The maximum absolute atomic E-state index is 12.9. The van der Waals surface area contributed by atoms with E-state index in [2.05, 4.69) is 14.5 Å². The van der Waals surface area contributed by atoms with Gasteiger partial charge in [-0.3, -0.25) is 0 Å². The Morgan fingerprint density at radius 3 is 2.54 bits per heavy atom. The Labute approximate surface area is 140 Å². The number of rotatable bonds is 4. The van der Waals surface area contributed by atoms with Crippen LogP contribution in [0.3, 0.4) is 0 Å². The minimum absolute atomic E-state index is 0.508. The van der Waals surface area contributed by atoms with E-state index in [1.807, 2.05) is 12.1 Å². The van der Waals surface area contributed by atoms with Gasteiger partial charge in [-0.05, 0) is 42.5 Å². The van der Waals surface area contributed by atoms with Crippen LogP contribution < -0.4 is 4.74 Å². The molecule has 24 heavy (non-hydrogen) atoms. The van der Waals surface area contributed by atoms with Crippen molar-refractivity contribution in [2.75, 3.05) is 13.4 Å². The van der Waals surface area contributed by atoms with Gasteiger partial charge in [0.05, 0.1) is 27.4 Å². The lowest BCUT2D eigenvalue weighted by atomic mass is 10.2. The van der Waals surface area contributed by atoms with Crippen molar-refractivity contribution in [3.8, 4) is 17.1 Å². The van der Waals surface area contributed by atoms with E-state index in [1.54, 1.807) is 56.7 Å². The molecule has 0 bridgehead atoms. The van der Waals surface area contributed by atoms with Crippen LogP contribution in [0.15, 0.2) is 62.3 Å². The standard InChI is InChI=1S/C17H17N3O3S/c1-12-18-17(19-23-12)13-7-9-14(10-8-13)20-24(3,21)16-6-4-5-15(11-16)22-2/h4-11H,1-3H3. The third kappa shape index (κ3) is 3.46. The molecule has 3 aromatic rings. The Morgan fingerprint density at radius 2 is 1.92 bits per heavy atom. The van der Waals surface area contributed by atoms with Crippen molar-refractivity contribution in [1.82, 2.24) is 10.1 Å². The molecule has 0 spiro atoms. The van der Waals surface area contributed by atoms with Gasteiger partial charge >= 0.3 is 0 Å².